The monoisotopic (exact) mass is 273 g/mol. The molecular formula is C12H17F2N3S. The first-order chi connectivity index (χ1) is 8.54. The lowest BCUT2D eigenvalue weighted by Crippen LogP contribution is -2.45. The molecule has 0 spiro atoms. The topological polar surface area (TPSA) is 28.2 Å². The van der Waals surface area contributed by atoms with Crippen LogP contribution in [0.25, 0.3) is 0 Å². The number of thioether (sulfide) groups is 1. The van der Waals surface area contributed by atoms with E-state index in [9.17, 15) is 8.78 Å². The summed E-state index contributed by atoms with van der Waals surface area (Å²) in [4.78, 5) is 5.97. The third-order valence-electron chi connectivity index (χ3n) is 3.30. The molecule has 1 N–H and O–H groups in total. The molecule has 3 nitrogen and oxygen atoms in total. The van der Waals surface area contributed by atoms with Crippen LogP contribution in [0.4, 0.5) is 20.4 Å². The Balaban J connectivity index is 2.37. The quantitative estimate of drug-likeness (QED) is 0.897. The lowest BCUT2D eigenvalue weighted by molar-refractivity contribution is 0.551. The number of halogens is 2. The van der Waals surface area contributed by atoms with E-state index in [1.54, 1.807) is 7.05 Å². The van der Waals surface area contributed by atoms with Crippen LogP contribution in [0.1, 0.15) is 13.8 Å². The van der Waals surface area contributed by atoms with E-state index in [2.05, 4.69) is 17.2 Å². The van der Waals surface area contributed by atoms with Gasteiger partial charge in [0.1, 0.15) is 0 Å². The fourth-order valence-electron chi connectivity index (χ4n) is 2.07. The van der Waals surface area contributed by atoms with Gasteiger partial charge in [0.25, 0.3) is 0 Å². The SMILES string of the molecule is CNc1nc(N2CCSC(C)C2C)c(F)cc1F. The molecule has 0 bridgehead atoms. The predicted molar refractivity (Wildman–Crippen MR) is 72.4 cm³/mol. The second kappa shape index (κ2) is 5.30. The molecule has 0 aromatic carbocycles. The zero-order valence-electron chi connectivity index (χ0n) is 10.7. The van der Waals surface area contributed by atoms with E-state index in [0.29, 0.717) is 5.25 Å². The number of hydrogen-bond acceptors (Lipinski definition) is 4. The molecule has 1 aromatic rings. The number of nitrogens with zero attached hydrogens (tertiary/aromatic N) is 2. The Morgan fingerprint density at radius 3 is 2.78 bits per heavy atom. The molecule has 1 aliphatic rings. The van der Waals surface area contributed by atoms with Crippen molar-refractivity contribution >= 4 is 23.4 Å². The summed E-state index contributed by atoms with van der Waals surface area (Å²) in [5, 5.41) is 3.05. The lowest BCUT2D eigenvalue weighted by Gasteiger charge is -2.38. The van der Waals surface area contributed by atoms with Gasteiger partial charge in [0.15, 0.2) is 23.3 Å². The smallest absolute Gasteiger partial charge is 0.168 e. The Morgan fingerprint density at radius 2 is 2.11 bits per heavy atom. The highest BCUT2D eigenvalue weighted by atomic mass is 32.2. The van der Waals surface area contributed by atoms with Crippen LogP contribution >= 0.6 is 11.8 Å². The fraction of sp³-hybridized carbons (Fsp3) is 0.583. The van der Waals surface area contributed by atoms with Crippen LogP contribution in [0, 0.1) is 11.6 Å². The summed E-state index contributed by atoms with van der Waals surface area (Å²) in [6.07, 6.45) is 0. The molecule has 2 heterocycles. The summed E-state index contributed by atoms with van der Waals surface area (Å²) < 4.78 is 27.3. The Morgan fingerprint density at radius 1 is 1.39 bits per heavy atom. The number of nitrogens with one attached hydrogen (secondary N) is 1. The van der Waals surface area contributed by atoms with Crippen LogP contribution in [0.5, 0.6) is 0 Å². The number of aromatic nitrogens is 1. The van der Waals surface area contributed by atoms with E-state index >= 15 is 0 Å². The highest BCUT2D eigenvalue weighted by Crippen LogP contribution is 2.30. The molecule has 18 heavy (non-hydrogen) atoms. The molecule has 2 rings (SSSR count). The fourth-order valence-corrected chi connectivity index (χ4v) is 3.16. The minimum atomic E-state index is -0.661. The van der Waals surface area contributed by atoms with Gasteiger partial charge in [-0.3, -0.25) is 0 Å². The molecule has 6 heteroatoms. The van der Waals surface area contributed by atoms with Crippen molar-refractivity contribution in [2.45, 2.75) is 25.1 Å². The summed E-state index contributed by atoms with van der Waals surface area (Å²) >= 11 is 1.86. The first-order valence-corrected chi connectivity index (χ1v) is 7.01. The number of pyridine rings is 1. The van der Waals surface area contributed by atoms with Crippen molar-refractivity contribution in [3.8, 4) is 0 Å². The predicted octanol–water partition coefficient (Wildman–Crippen LogP) is 2.73. The highest BCUT2D eigenvalue weighted by molar-refractivity contribution is 8.00. The molecule has 0 aliphatic carbocycles. The maximum Gasteiger partial charge on any atom is 0.168 e. The van der Waals surface area contributed by atoms with Gasteiger partial charge in [0, 0.05) is 36.7 Å². The van der Waals surface area contributed by atoms with Crippen molar-refractivity contribution in [2.24, 2.45) is 0 Å². The van der Waals surface area contributed by atoms with Crippen molar-refractivity contribution in [3.05, 3.63) is 17.7 Å². The van der Waals surface area contributed by atoms with Crippen LogP contribution < -0.4 is 10.2 Å². The first-order valence-electron chi connectivity index (χ1n) is 5.96. The van der Waals surface area contributed by atoms with E-state index in [-0.39, 0.29) is 17.7 Å². The van der Waals surface area contributed by atoms with Gasteiger partial charge in [-0.25, -0.2) is 13.8 Å². The Labute approximate surface area is 110 Å². The van der Waals surface area contributed by atoms with Crippen molar-refractivity contribution in [1.82, 2.24) is 4.98 Å². The van der Waals surface area contributed by atoms with Crippen molar-refractivity contribution in [1.29, 1.82) is 0 Å². The summed E-state index contributed by atoms with van der Waals surface area (Å²) in [5.74, 6) is -0.00743. The van der Waals surface area contributed by atoms with Gasteiger partial charge < -0.3 is 10.2 Å². The zero-order chi connectivity index (χ0) is 13.3. The molecule has 0 amide bonds. The number of rotatable bonds is 2. The molecular weight excluding hydrogens is 256 g/mol. The average molecular weight is 273 g/mol. The van der Waals surface area contributed by atoms with Gasteiger partial charge in [-0.15, -0.1) is 0 Å². The Kier molecular flexibility index (Phi) is 3.94. The Bertz CT molecular complexity index is 442. The maximum absolute atomic E-state index is 13.9. The maximum atomic E-state index is 13.9. The molecule has 2 atom stereocenters. The molecule has 1 aromatic heterocycles. The molecule has 0 saturated carbocycles. The van der Waals surface area contributed by atoms with Crippen LogP contribution in [0.2, 0.25) is 0 Å². The standard InChI is InChI=1S/C12H17F2N3S/c1-7-8(2)18-5-4-17(7)12-10(14)6-9(13)11(15-3)16-12/h6-8H,4-5H2,1-3H3,(H,15,16). The normalized spacial score (nSPS) is 24.2. The van der Waals surface area contributed by atoms with Gasteiger partial charge in [0.2, 0.25) is 0 Å². The molecule has 1 fully saturated rings. The van der Waals surface area contributed by atoms with Gasteiger partial charge in [-0.1, -0.05) is 6.92 Å². The highest BCUT2D eigenvalue weighted by Gasteiger charge is 2.28. The van der Waals surface area contributed by atoms with E-state index in [0.717, 1.165) is 18.4 Å². The minimum Gasteiger partial charge on any atom is -0.371 e. The van der Waals surface area contributed by atoms with Crippen LogP contribution in [0.15, 0.2) is 6.07 Å². The molecule has 1 saturated heterocycles. The van der Waals surface area contributed by atoms with Gasteiger partial charge in [-0.2, -0.15) is 11.8 Å². The second-order valence-electron chi connectivity index (χ2n) is 4.38. The van der Waals surface area contributed by atoms with Gasteiger partial charge >= 0.3 is 0 Å². The van der Waals surface area contributed by atoms with Crippen molar-refractivity contribution in [2.75, 3.05) is 29.6 Å². The average Bonchev–Trinajstić information content (AvgIpc) is 2.34. The summed E-state index contributed by atoms with van der Waals surface area (Å²) in [6, 6.07) is 1.08. The first kappa shape index (κ1) is 13.4. The molecule has 100 valence electrons. The minimum absolute atomic E-state index is 0.0875. The third kappa shape index (κ3) is 2.39. The van der Waals surface area contributed by atoms with E-state index < -0.39 is 11.6 Å². The number of anilines is 2. The second-order valence-corrected chi connectivity index (χ2v) is 5.87. The summed E-state index contributed by atoms with van der Waals surface area (Å²) in [5.41, 5.74) is 0. The zero-order valence-corrected chi connectivity index (χ0v) is 11.5. The van der Waals surface area contributed by atoms with Crippen LogP contribution in [-0.4, -0.2) is 35.6 Å². The molecule has 1 aliphatic heterocycles. The van der Waals surface area contributed by atoms with Crippen LogP contribution in [-0.2, 0) is 0 Å². The molecule has 0 radical (unpaired) electrons. The van der Waals surface area contributed by atoms with Crippen LogP contribution in [0.3, 0.4) is 0 Å². The Hall–Kier alpha value is -1.04. The lowest BCUT2D eigenvalue weighted by atomic mass is 10.2. The largest absolute Gasteiger partial charge is 0.371 e. The van der Waals surface area contributed by atoms with E-state index in [1.807, 2.05) is 23.6 Å². The van der Waals surface area contributed by atoms with Gasteiger partial charge in [0.05, 0.1) is 0 Å². The van der Waals surface area contributed by atoms with E-state index in [4.69, 9.17) is 0 Å². The van der Waals surface area contributed by atoms with Gasteiger partial charge in [-0.05, 0) is 6.92 Å². The third-order valence-corrected chi connectivity index (χ3v) is 4.64. The van der Waals surface area contributed by atoms with Crippen molar-refractivity contribution in [3.63, 3.8) is 0 Å². The summed E-state index contributed by atoms with van der Waals surface area (Å²) in [6.45, 7) is 4.89. The van der Waals surface area contributed by atoms with E-state index in [1.165, 1.54) is 0 Å². The molecule has 2 unspecified atom stereocenters. The summed E-state index contributed by atoms with van der Waals surface area (Å²) in [7, 11) is 1.57. The van der Waals surface area contributed by atoms with Crippen molar-refractivity contribution < 1.29 is 8.78 Å². The number of hydrogen-bond donors (Lipinski definition) is 1.